The van der Waals surface area contributed by atoms with Crippen molar-refractivity contribution in [3.63, 3.8) is 0 Å². The maximum Gasteiger partial charge on any atom is 0.272 e. The zero-order valence-electron chi connectivity index (χ0n) is 16.6. The van der Waals surface area contributed by atoms with Crippen LogP contribution in [0, 0.1) is 0 Å². The second-order valence-corrected chi connectivity index (χ2v) is 8.49. The molecule has 7 heteroatoms. The smallest absolute Gasteiger partial charge is 0.272 e. The van der Waals surface area contributed by atoms with Crippen molar-refractivity contribution in [3.8, 4) is 5.75 Å². The zero-order chi connectivity index (χ0) is 20.7. The van der Waals surface area contributed by atoms with Gasteiger partial charge in [-0.2, -0.15) is 5.10 Å². The third-order valence-electron chi connectivity index (χ3n) is 5.62. The van der Waals surface area contributed by atoms with Gasteiger partial charge < -0.3 is 9.64 Å². The largest absolute Gasteiger partial charge is 0.488 e. The first-order chi connectivity index (χ1) is 14.6. The standard InChI is InChI=1S/C23H21BrN4O2/c1-27-22(18-8-7-16(24)14-19(18)26-27)23(29)28-12-9-17(10-13-28)30-20-6-2-4-15-5-3-11-25-21(15)20/h2-8,11,14,17H,9-10,12-13H2,1H3. The Morgan fingerprint density at radius 2 is 1.93 bits per heavy atom. The first-order valence-electron chi connectivity index (χ1n) is 10.0. The Bertz CT molecular complexity index is 1240. The summed E-state index contributed by atoms with van der Waals surface area (Å²) in [4.78, 5) is 19.6. The molecule has 6 nitrogen and oxygen atoms in total. The molecule has 0 unspecified atom stereocenters. The minimum atomic E-state index is 0.0209. The second-order valence-electron chi connectivity index (χ2n) is 7.57. The minimum Gasteiger partial charge on any atom is -0.488 e. The van der Waals surface area contributed by atoms with Crippen LogP contribution in [0.2, 0.25) is 0 Å². The summed E-state index contributed by atoms with van der Waals surface area (Å²) < 4.78 is 8.91. The van der Waals surface area contributed by atoms with E-state index in [2.05, 4.69) is 26.0 Å². The molecule has 0 N–H and O–H groups in total. The number of likely N-dealkylation sites (tertiary alicyclic amines) is 1. The van der Waals surface area contributed by atoms with E-state index in [1.54, 1.807) is 10.9 Å². The summed E-state index contributed by atoms with van der Waals surface area (Å²) >= 11 is 3.47. The lowest BCUT2D eigenvalue weighted by molar-refractivity contribution is 0.0589. The van der Waals surface area contributed by atoms with E-state index in [0.717, 1.165) is 44.9 Å². The number of para-hydroxylation sites is 1. The highest BCUT2D eigenvalue weighted by Gasteiger charge is 2.28. The van der Waals surface area contributed by atoms with Crippen LogP contribution in [0.4, 0.5) is 0 Å². The van der Waals surface area contributed by atoms with Gasteiger partial charge in [0, 0.05) is 54.4 Å². The minimum absolute atomic E-state index is 0.0209. The number of halogens is 1. The number of ether oxygens (including phenoxy) is 1. The molecule has 1 aliphatic rings. The highest BCUT2D eigenvalue weighted by molar-refractivity contribution is 9.10. The van der Waals surface area contributed by atoms with E-state index < -0.39 is 0 Å². The molecule has 5 rings (SSSR count). The maximum absolute atomic E-state index is 13.2. The number of nitrogens with zero attached hydrogens (tertiary/aromatic N) is 4. The summed E-state index contributed by atoms with van der Waals surface area (Å²) in [6.45, 7) is 1.32. The first-order valence-corrected chi connectivity index (χ1v) is 10.8. The number of benzene rings is 2. The number of carbonyl (C=O) groups excluding carboxylic acids is 1. The van der Waals surface area contributed by atoms with Crippen molar-refractivity contribution >= 4 is 43.6 Å². The van der Waals surface area contributed by atoms with Gasteiger partial charge in [-0.25, -0.2) is 0 Å². The number of piperidine rings is 1. The number of aromatic nitrogens is 3. The first kappa shape index (κ1) is 19.1. The van der Waals surface area contributed by atoms with Crippen LogP contribution < -0.4 is 4.74 Å². The van der Waals surface area contributed by atoms with Crippen LogP contribution in [0.3, 0.4) is 0 Å². The average molecular weight is 465 g/mol. The van der Waals surface area contributed by atoms with Crippen molar-refractivity contribution in [2.24, 2.45) is 7.05 Å². The Labute approximate surface area is 182 Å². The number of fused-ring (bicyclic) bond motifs is 2. The van der Waals surface area contributed by atoms with Gasteiger partial charge in [-0.15, -0.1) is 0 Å². The molecule has 30 heavy (non-hydrogen) atoms. The third kappa shape index (κ3) is 3.43. The Morgan fingerprint density at radius 1 is 1.13 bits per heavy atom. The fraction of sp³-hybridized carbons (Fsp3) is 0.261. The van der Waals surface area contributed by atoms with Gasteiger partial charge in [0.15, 0.2) is 0 Å². The van der Waals surface area contributed by atoms with Gasteiger partial charge in [0.25, 0.3) is 5.91 Å². The number of aryl methyl sites for hydroxylation is 1. The van der Waals surface area contributed by atoms with E-state index in [4.69, 9.17) is 4.74 Å². The molecule has 0 atom stereocenters. The Hall–Kier alpha value is -2.93. The molecule has 0 bridgehead atoms. The lowest BCUT2D eigenvalue weighted by atomic mass is 10.1. The van der Waals surface area contributed by atoms with Gasteiger partial charge in [0.1, 0.15) is 23.1 Å². The molecule has 2 aromatic carbocycles. The van der Waals surface area contributed by atoms with E-state index in [0.29, 0.717) is 18.8 Å². The second kappa shape index (κ2) is 7.72. The number of carbonyl (C=O) groups is 1. The molecule has 2 aromatic heterocycles. The van der Waals surface area contributed by atoms with Crippen LogP contribution in [0.15, 0.2) is 59.2 Å². The summed E-state index contributed by atoms with van der Waals surface area (Å²) in [6.07, 6.45) is 3.43. The lowest BCUT2D eigenvalue weighted by Crippen LogP contribution is -2.42. The molecule has 1 fully saturated rings. The Kier molecular flexibility index (Phi) is 4.90. The van der Waals surface area contributed by atoms with Crippen molar-refractivity contribution in [2.45, 2.75) is 18.9 Å². The van der Waals surface area contributed by atoms with E-state index in [-0.39, 0.29) is 12.0 Å². The van der Waals surface area contributed by atoms with Gasteiger partial charge in [0.2, 0.25) is 0 Å². The fourth-order valence-corrected chi connectivity index (χ4v) is 4.45. The normalized spacial score (nSPS) is 15.1. The molecule has 1 aliphatic heterocycles. The molecule has 4 aromatic rings. The highest BCUT2D eigenvalue weighted by atomic mass is 79.9. The molecular weight excluding hydrogens is 444 g/mol. The lowest BCUT2D eigenvalue weighted by Gasteiger charge is -2.32. The van der Waals surface area contributed by atoms with Crippen LogP contribution in [-0.4, -0.2) is 44.8 Å². The van der Waals surface area contributed by atoms with Crippen molar-refractivity contribution in [3.05, 3.63) is 64.9 Å². The fourth-order valence-electron chi connectivity index (χ4n) is 4.10. The summed E-state index contributed by atoms with van der Waals surface area (Å²) in [5.74, 6) is 0.827. The Balaban J connectivity index is 1.30. The number of hydrogen-bond donors (Lipinski definition) is 0. The van der Waals surface area contributed by atoms with Gasteiger partial charge in [-0.1, -0.05) is 34.1 Å². The van der Waals surface area contributed by atoms with E-state index >= 15 is 0 Å². The number of amides is 1. The van der Waals surface area contributed by atoms with E-state index in [1.165, 1.54) is 0 Å². The zero-order valence-corrected chi connectivity index (χ0v) is 18.2. The number of rotatable bonds is 3. The van der Waals surface area contributed by atoms with Gasteiger partial charge in [-0.05, 0) is 30.3 Å². The molecular formula is C23H21BrN4O2. The highest BCUT2D eigenvalue weighted by Crippen LogP contribution is 2.28. The van der Waals surface area contributed by atoms with E-state index in [9.17, 15) is 4.79 Å². The predicted molar refractivity (Wildman–Crippen MR) is 120 cm³/mol. The number of pyridine rings is 1. The van der Waals surface area contributed by atoms with Crippen LogP contribution >= 0.6 is 15.9 Å². The molecule has 1 amide bonds. The maximum atomic E-state index is 13.2. The summed E-state index contributed by atoms with van der Waals surface area (Å²) in [6, 6.07) is 15.8. The summed E-state index contributed by atoms with van der Waals surface area (Å²) in [5, 5.41) is 6.44. The van der Waals surface area contributed by atoms with E-state index in [1.807, 2.05) is 60.5 Å². The molecule has 152 valence electrons. The van der Waals surface area contributed by atoms with Crippen LogP contribution in [0.25, 0.3) is 21.8 Å². The Morgan fingerprint density at radius 3 is 2.77 bits per heavy atom. The molecule has 0 aliphatic carbocycles. The molecule has 0 radical (unpaired) electrons. The SMILES string of the molecule is Cn1nc2cc(Br)ccc2c1C(=O)N1CCC(Oc2cccc3cccnc23)CC1. The van der Waals surface area contributed by atoms with Crippen molar-refractivity contribution < 1.29 is 9.53 Å². The third-order valence-corrected chi connectivity index (χ3v) is 6.11. The van der Waals surface area contributed by atoms with Crippen LogP contribution in [-0.2, 0) is 7.05 Å². The van der Waals surface area contributed by atoms with Gasteiger partial charge >= 0.3 is 0 Å². The average Bonchev–Trinajstić information content (AvgIpc) is 3.08. The van der Waals surface area contributed by atoms with Crippen molar-refractivity contribution in [2.75, 3.05) is 13.1 Å². The van der Waals surface area contributed by atoms with Crippen LogP contribution in [0.5, 0.6) is 5.75 Å². The molecule has 3 heterocycles. The summed E-state index contributed by atoms with van der Waals surface area (Å²) in [5.41, 5.74) is 2.33. The molecule has 0 saturated carbocycles. The van der Waals surface area contributed by atoms with Crippen molar-refractivity contribution in [1.29, 1.82) is 0 Å². The van der Waals surface area contributed by atoms with Gasteiger partial charge in [0.05, 0.1) is 5.52 Å². The monoisotopic (exact) mass is 464 g/mol. The topological polar surface area (TPSA) is 60.2 Å². The molecule has 1 saturated heterocycles. The number of hydrogen-bond acceptors (Lipinski definition) is 4. The predicted octanol–water partition coefficient (Wildman–Crippen LogP) is 4.57. The quantitative estimate of drug-likeness (QED) is 0.445. The summed E-state index contributed by atoms with van der Waals surface area (Å²) in [7, 11) is 1.82. The van der Waals surface area contributed by atoms with Crippen LogP contribution in [0.1, 0.15) is 23.3 Å². The van der Waals surface area contributed by atoms with Gasteiger partial charge in [-0.3, -0.25) is 14.5 Å². The van der Waals surface area contributed by atoms with Crippen molar-refractivity contribution in [1.82, 2.24) is 19.7 Å². The molecule has 0 spiro atoms.